The van der Waals surface area contributed by atoms with E-state index in [1.165, 1.54) is 12.1 Å². The molecular formula is C18H22FN3O3S. The number of hydrogen-bond donors (Lipinski definition) is 1. The molecule has 0 saturated carbocycles. The second-order valence-corrected chi connectivity index (χ2v) is 7.85. The molecule has 0 unspecified atom stereocenters. The Balaban J connectivity index is 1.94. The van der Waals surface area contributed by atoms with Crippen molar-refractivity contribution < 1.29 is 17.6 Å². The SMILES string of the molecule is CC(C)N(Cc1cccnc1)C(=O)CCNS(=O)(=O)c1ccc(F)cc1. The first-order chi connectivity index (χ1) is 12.3. The monoisotopic (exact) mass is 379 g/mol. The lowest BCUT2D eigenvalue weighted by molar-refractivity contribution is -0.133. The van der Waals surface area contributed by atoms with Crippen LogP contribution >= 0.6 is 0 Å². The predicted octanol–water partition coefficient (Wildman–Crippen LogP) is 2.33. The van der Waals surface area contributed by atoms with Crippen molar-refractivity contribution in [1.82, 2.24) is 14.6 Å². The van der Waals surface area contributed by atoms with Gasteiger partial charge >= 0.3 is 0 Å². The number of halogens is 1. The zero-order chi connectivity index (χ0) is 19.2. The summed E-state index contributed by atoms with van der Waals surface area (Å²) >= 11 is 0. The number of carbonyl (C=O) groups excluding carboxylic acids is 1. The smallest absolute Gasteiger partial charge is 0.240 e. The highest BCUT2D eigenvalue weighted by Crippen LogP contribution is 2.11. The molecule has 0 aliphatic carbocycles. The summed E-state index contributed by atoms with van der Waals surface area (Å²) in [7, 11) is -3.77. The van der Waals surface area contributed by atoms with Crippen LogP contribution in [0.4, 0.5) is 4.39 Å². The van der Waals surface area contributed by atoms with E-state index < -0.39 is 15.8 Å². The number of sulfonamides is 1. The van der Waals surface area contributed by atoms with Crippen molar-refractivity contribution in [3.05, 3.63) is 60.2 Å². The van der Waals surface area contributed by atoms with E-state index in [0.29, 0.717) is 6.54 Å². The normalized spacial score (nSPS) is 11.5. The van der Waals surface area contributed by atoms with Gasteiger partial charge in [-0.1, -0.05) is 6.07 Å². The Morgan fingerprint density at radius 1 is 1.23 bits per heavy atom. The van der Waals surface area contributed by atoms with Crippen molar-refractivity contribution in [3.8, 4) is 0 Å². The number of carbonyl (C=O) groups is 1. The van der Waals surface area contributed by atoms with Gasteiger partial charge in [-0.25, -0.2) is 17.5 Å². The van der Waals surface area contributed by atoms with Gasteiger partial charge in [0.1, 0.15) is 5.82 Å². The molecular weight excluding hydrogens is 357 g/mol. The van der Waals surface area contributed by atoms with Crippen LogP contribution in [0, 0.1) is 5.82 Å². The topological polar surface area (TPSA) is 79.4 Å². The van der Waals surface area contributed by atoms with Crippen LogP contribution in [0.3, 0.4) is 0 Å². The fourth-order valence-electron chi connectivity index (χ4n) is 2.38. The summed E-state index contributed by atoms with van der Waals surface area (Å²) in [5.41, 5.74) is 0.904. The van der Waals surface area contributed by atoms with Crippen LogP contribution in [-0.2, 0) is 21.4 Å². The number of amides is 1. The first-order valence-corrected chi connectivity index (χ1v) is 9.71. The van der Waals surface area contributed by atoms with Gasteiger partial charge in [-0.15, -0.1) is 0 Å². The van der Waals surface area contributed by atoms with Crippen LogP contribution in [0.25, 0.3) is 0 Å². The zero-order valence-corrected chi connectivity index (χ0v) is 15.5. The molecule has 0 aliphatic rings. The van der Waals surface area contributed by atoms with Crippen molar-refractivity contribution in [2.45, 2.75) is 37.8 Å². The molecule has 2 rings (SSSR count). The first kappa shape index (κ1) is 20.0. The summed E-state index contributed by atoms with van der Waals surface area (Å²) in [5, 5.41) is 0. The van der Waals surface area contributed by atoms with Gasteiger partial charge < -0.3 is 4.90 Å². The number of aromatic nitrogens is 1. The summed E-state index contributed by atoms with van der Waals surface area (Å²) in [6, 6.07) is 8.17. The number of benzene rings is 1. The van der Waals surface area contributed by atoms with Crippen molar-refractivity contribution in [2.75, 3.05) is 6.54 Å². The highest BCUT2D eigenvalue weighted by Gasteiger charge is 2.19. The van der Waals surface area contributed by atoms with Crippen LogP contribution in [-0.4, -0.2) is 36.8 Å². The molecule has 6 nitrogen and oxygen atoms in total. The Hall–Kier alpha value is -2.32. The summed E-state index contributed by atoms with van der Waals surface area (Å²) in [6.45, 7) is 4.18. The van der Waals surface area contributed by atoms with Gasteiger partial charge in [0, 0.05) is 37.9 Å². The Kier molecular flexibility index (Phi) is 6.82. The molecule has 1 amide bonds. The highest BCUT2D eigenvalue weighted by molar-refractivity contribution is 7.89. The summed E-state index contributed by atoms with van der Waals surface area (Å²) < 4.78 is 39.6. The minimum absolute atomic E-state index is 0.0267. The number of pyridine rings is 1. The molecule has 0 radical (unpaired) electrons. The van der Waals surface area contributed by atoms with Gasteiger partial charge in [0.15, 0.2) is 0 Å². The third-order valence-corrected chi connectivity index (χ3v) is 5.25. The largest absolute Gasteiger partial charge is 0.336 e. The maximum absolute atomic E-state index is 12.9. The van der Waals surface area contributed by atoms with Gasteiger partial charge in [0.05, 0.1) is 4.90 Å². The van der Waals surface area contributed by atoms with Crippen molar-refractivity contribution in [3.63, 3.8) is 0 Å². The predicted molar refractivity (Wildman–Crippen MR) is 96.1 cm³/mol. The van der Waals surface area contributed by atoms with E-state index in [-0.39, 0.29) is 29.8 Å². The average Bonchev–Trinajstić information content (AvgIpc) is 2.60. The first-order valence-electron chi connectivity index (χ1n) is 8.23. The number of nitrogens with zero attached hydrogens (tertiary/aromatic N) is 2. The van der Waals surface area contributed by atoms with Crippen LogP contribution < -0.4 is 4.72 Å². The molecule has 1 N–H and O–H groups in total. The lowest BCUT2D eigenvalue weighted by atomic mass is 10.2. The molecule has 0 bridgehead atoms. The summed E-state index contributed by atoms with van der Waals surface area (Å²) in [5.74, 6) is -0.673. The lowest BCUT2D eigenvalue weighted by Gasteiger charge is -2.27. The fraction of sp³-hybridized carbons (Fsp3) is 0.333. The van der Waals surface area contributed by atoms with Crippen molar-refractivity contribution >= 4 is 15.9 Å². The third-order valence-electron chi connectivity index (χ3n) is 3.77. The Morgan fingerprint density at radius 3 is 2.50 bits per heavy atom. The zero-order valence-electron chi connectivity index (χ0n) is 14.7. The molecule has 8 heteroatoms. The minimum atomic E-state index is -3.77. The molecule has 1 aromatic heterocycles. The van der Waals surface area contributed by atoms with Gasteiger partial charge in [-0.05, 0) is 49.7 Å². The van der Waals surface area contributed by atoms with E-state index >= 15 is 0 Å². The van der Waals surface area contributed by atoms with Gasteiger partial charge in [0.2, 0.25) is 15.9 Å². The molecule has 0 saturated heterocycles. The van der Waals surface area contributed by atoms with E-state index in [1.54, 1.807) is 23.4 Å². The molecule has 26 heavy (non-hydrogen) atoms. The molecule has 0 atom stereocenters. The molecule has 0 aliphatic heterocycles. The van der Waals surface area contributed by atoms with Gasteiger partial charge in [-0.2, -0.15) is 0 Å². The average molecular weight is 379 g/mol. The second kappa shape index (κ2) is 8.86. The van der Waals surface area contributed by atoms with E-state index in [2.05, 4.69) is 9.71 Å². The maximum Gasteiger partial charge on any atom is 0.240 e. The third kappa shape index (κ3) is 5.60. The standard InChI is InChI=1S/C18H22FN3O3S/c1-14(2)22(13-15-4-3-10-20-12-15)18(23)9-11-21-26(24,25)17-7-5-16(19)6-8-17/h3-8,10,12,14,21H,9,11,13H2,1-2H3. The van der Waals surface area contributed by atoms with Crippen molar-refractivity contribution in [1.29, 1.82) is 0 Å². The van der Waals surface area contributed by atoms with Crippen LogP contribution in [0.1, 0.15) is 25.8 Å². The van der Waals surface area contributed by atoms with Crippen LogP contribution in [0.2, 0.25) is 0 Å². The van der Waals surface area contributed by atoms with E-state index in [1.807, 2.05) is 19.9 Å². The quantitative estimate of drug-likeness (QED) is 0.763. The van der Waals surface area contributed by atoms with Gasteiger partial charge in [-0.3, -0.25) is 9.78 Å². The van der Waals surface area contributed by atoms with Crippen LogP contribution in [0.5, 0.6) is 0 Å². The minimum Gasteiger partial charge on any atom is -0.336 e. The second-order valence-electron chi connectivity index (χ2n) is 6.08. The molecule has 1 aromatic carbocycles. The van der Waals surface area contributed by atoms with Crippen LogP contribution in [0.15, 0.2) is 53.7 Å². The molecule has 140 valence electrons. The Labute approximate surface area is 153 Å². The van der Waals surface area contributed by atoms with E-state index in [4.69, 9.17) is 0 Å². The number of hydrogen-bond acceptors (Lipinski definition) is 4. The molecule has 2 aromatic rings. The molecule has 1 heterocycles. The molecule has 0 spiro atoms. The molecule has 0 fully saturated rings. The number of rotatable bonds is 8. The Bertz CT molecular complexity index is 825. The van der Waals surface area contributed by atoms with E-state index in [9.17, 15) is 17.6 Å². The summed E-state index contributed by atoms with van der Waals surface area (Å²) in [6.07, 6.45) is 3.38. The fourth-order valence-corrected chi connectivity index (χ4v) is 3.41. The Morgan fingerprint density at radius 2 is 1.92 bits per heavy atom. The van der Waals surface area contributed by atoms with Gasteiger partial charge in [0.25, 0.3) is 0 Å². The van der Waals surface area contributed by atoms with Crippen molar-refractivity contribution in [2.24, 2.45) is 0 Å². The maximum atomic E-state index is 12.9. The lowest BCUT2D eigenvalue weighted by Crippen LogP contribution is -2.38. The van der Waals surface area contributed by atoms with E-state index in [0.717, 1.165) is 17.7 Å². The highest BCUT2D eigenvalue weighted by atomic mass is 32.2. The number of nitrogens with one attached hydrogen (secondary N) is 1. The summed E-state index contributed by atoms with van der Waals surface area (Å²) in [4.78, 5) is 18.1.